The van der Waals surface area contributed by atoms with Crippen LogP contribution in [-0.4, -0.2) is 27.8 Å². The Labute approximate surface area is 151 Å². The number of aromatic nitrogens is 2. The molecule has 0 spiro atoms. The summed E-state index contributed by atoms with van der Waals surface area (Å²) in [5, 5.41) is 21.1. The van der Waals surface area contributed by atoms with Crippen LogP contribution in [0.25, 0.3) is 11.5 Å². The molecule has 1 aliphatic heterocycles. The molecular formula is C17H12N4O6. The third-order valence-corrected chi connectivity index (χ3v) is 3.93. The minimum Gasteiger partial charge on any atom is -0.454 e. The van der Waals surface area contributed by atoms with Gasteiger partial charge in [0.05, 0.1) is 4.92 Å². The van der Waals surface area contributed by atoms with E-state index in [0.717, 1.165) is 0 Å². The first kappa shape index (κ1) is 16.5. The summed E-state index contributed by atoms with van der Waals surface area (Å²) in [6.45, 7) is 1.74. The molecule has 10 heteroatoms. The van der Waals surface area contributed by atoms with Crippen molar-refractivity contribution in [2.24, 2.45) is 0 Å². The molecule has 136 valence electrons. The molecule has 0 saturated carbocycles. The molecule has 10 nitrogen and oxygen atoms in total. The first-order chi connectivity index (χ1) is 13.0. The van der Waals surface area contributed by atoms with Crippen molar-refractivity contribution < 1.29 is 23.6 Å². The number of carbonyl (C=O) groups excluding carboxylic acids is 1. The molecule has 3 aromatic rings. The number of anilines is 1. The zero-order valence-corrected chi connectivity index (χ0v) is 14.0. The first-order valence-corrected chi connectivity index (χ1v) is 7.81. The van der Waals surface area contributed by atoms with Crippen LogP contribution in [0.2, 0.25) is 0 Å². The SMILES string of the molecule is Cc1ccc(C(=O)Nc2nnc(-c3ccc4c(c3)OCO4)o2)cc1[N+](=O)[O-]. The van der Waals surface area contributed by atoms with Crippen LogP contribution >= 0.6 is 0 Å². The van der Waals surface area contributed by atoms with Crippen molar-refractivity contribution >= 4 is 17.6 Å². The lowest BCUT2D eigenvalue weighted by Gasteiger charge is -2.02. The number of carbonyl (C=O) groups is 1. The molecule has 2 heterocycles. The standard InChI is InChI=1S/C17H12N4O6/c1-9-2-3-10(6-12(9)21(23)24)15(22)18-17-20-19-16(27-17)11-4-5-13-14(7-11)26-8-25-13/h2-7H,8H2,1H3,(H,18,20,22). The van der Waals surface area contributed by atoms with Crippen molar-refractivity contribution in [1.82, 2.24) is 10.2 Å². The van der Waals surface area contributed by atoms with Gasteiger partial charge in [0.25, 0.3) is 11.6 Å². The van der Waals surface area contributed by atoms with E-state index >= 15 is 0 Å². The van der Waals surface area contributed by atoms with E-state index in [0.29, 0.717) is 22.6 Å². The van der Waals surface area contributed by atoms with Crippen LogP contribution in [0.5, 0.6) is 11.5 Å². The number of hydrogen-bond donors (Lipinski definition) is 1. The molecule has 2 aromatic carbocycles. The number of hydrogen-bond acceptors (Lipinski definition) is 8. The number of rotatable bonds is 4. The lowest BCUT2D eigenvalue weighted by atomic mass is 10.1. The quantitative estimate of drug-likeness (QED) is 0.549. The number of nitrogens with one attached hydrogen (secondary N) is 1. The lowest BCUT2D eigenvalue weighted by molar-refractivity contribution is -0.385. The highest BCUT2D eigenvalue weighted by Crippen LogP contribution is 2.35. The molecule has 0 bridgehead atoms. The van der Waals surface area contributed by atoms with Gasteiger partial charge in [-0.15, -0.1) is 5.10 Å². The number of aryl methyl sites for hydroxylation is 1. The third-order valence-electron chi connectivity index (χ3n) is 3.93. The predicted octanol–water partition coefficient (Wildman–Crippen LogP) is 2.93. The van der Waals surface area contributed by atoms with Crippen LogP contribution in [0.1, 0.15) is 15.9 Å². The van der Waals surface area contributed by atoms with Gasteiger partial charge in [0, 0.05) is 22.8 Å². The van der Waals surface area contributed by atoms with Gasteiger partial charge in [0.2, 0.25) is 12.7 Å². The fourth-order valence-corrected chi connectivity index (χ4v) is 2.54. The topological polar surface area (TPSA) is 130 Å². The fraction of sp³-hybridized carbons (Fsp3) is 0.118. The van der Waals surface area contributed by atoms with Crippen LogP contribution in [0.3, 0.4) is 0 Å². The summed E-state index contributed by atoms with van der Waals surface area (Å²) in [5.41, 5.74) is 1.02. The number of amides is 1. The zero-order valence-electron chi connectivity index (χ0n) is 14.0. The minimum absolute atomic E-state index is 0.107. The highest BCUT2D eigenvalue weighted by molar-refractivity contribution is 6.03. The van der Waals surface area contributed by atoms with Crippen molar-refractivity contribution in [2.45, 2.75) is 6.92 Å². The average molecular weight is 368 g/mol. The van der Waals surface area contributed by atoms with E-state index in [-0.39, 0.29) is 29.9 Å². The number of fused-ring (bicyclic) bond motifs is 1. The molecule has 0 atom stereocenters. The highest BCUT2D eigenvalue weighted by Gasteiger charge is 2.19. The summed E-state index contributed by atoms with van der Waals surface area (Å²) < 4.78 is 16.0. The molecule has 1 N–H and O–H groups in total. The Kier molecular flexibility index (Phi) is 3.92. The number of benzene rings is 2. The van der Waals surface area contributed by atoms with Crippen LogP contribution < -0.4 is 14.8 Å². The molecule has 1 aromatic heterocycles. The molecule has 0 radical (unpaired) electrons. The molecular weight excluding hydrogens is 356 g/mol. The summed E-state index contributed by atoms with van der Waals surface area (Å²) in [7, 11) is 0. The maximum absolute atomic E-state index is 12.3. The van der Waals surface area contributed by atoms with Gasteiger partial charge in [-0.05, 0) is 31.2 Å². The van der Waals surface area contributed by atoms with E-state index in [2.05, 4.69) is 15.5 Å². The van der Waals surface area contributed by atoms with Crippen LogP contribution in [0.4, 0.5) is 11.7 Å². The van der Waals surface area contributed by atoms with Gasteiger partial charge >= 0.3 is 6.01 Å². The Balaban J connectivity index is 1.53. The lowest BCUT2D eigenvalue weighted by Crippen LogP contribution is -2.12. The van der Waals surface area contributed by atoms with Crippen molar-refractivity contribution in [3.05, 3.63) is 57.6 Å². The van der Waals surface area contributed by atoms with Crippen LogP contribution in [0.15, 0.2) is 40.8 Å². The van der Waals surface area contributed by atoms with Gasteiger partial charge in [-0.3, -0.25) is 20.2 Å². The molecule has 0 unspecified atom stereocenters. The summed E-state index contributed by atoms with van der Waals surface area (Å²) in [6.07, 6.45) is 0. The highest BCUT2D eigenvalue weighted by atomic mass is 16.7. The summed E-state index contributed by atoms with van der Waals surface area (Å²) in [4.78, 5) is 22.8. The number of nitro groups is 1. The summed E-state index contributed by atoms with van der Waals surface area (Å²) >= 11 is 0. The van der Waals surface area contributed by atoms with Gasteiger partial charge < -0.3 is 13.9 Å². The van der Waals surface area contributed by atoms with Crippen molar-refractivity contribution in [3.63, 3.8) is 0 Å². The third kappa shape index (κ3) is 3.15. The van der Waals surface area contributed by atoms with Gasteiger partial charge in [-0.1, -0.05) is 11.2 Å². The predicted molar refractivity (Wildman–Crippen MR) is 91.6 cm³/mol. The largest absolute Gasteiger partial charge is 0.454 e. The van der Waals surface area contributed by atoms with Crippen molar-refractivity contribution in [2.75, 3.05) is 12.1 Å². The van der Waals surface area contributed by atoms with E-state index < -0.39 is 10.8 Å². The number of ether oxygens (including phenoxy) is 2. The van der Waals surface area contributed by atoms with Crippen molar-refractivity contribution in [1.29, 1.82) is 0 Å². The average Bonchev–Trinajstić information content (AvgIpc) is 3.30. The summed E-state index contributed by atoms with van der Waals surface area (Å²) in [5.74, 6) is 0.758. The Hall–Kier alpha value is -3.95. The van der Waals surface area contributed by atoms with E-state index in [1.54, 1.807) is 25.1 Å². The Morgan fingerprint density at radius 1 is 1.15 bits per heavy atom. The molecule has 4 rings (SSSR count). The van der Waals surface area contributed by atoms with Gasteiger partial charge in [-0.2, -0.15) is 0 Å². The minimum atomic E-state index is -0.598. The second-order valence-electron chi connectivity index (χ2n) is 5.69. The Morgan fingerprint density at radius 2 is 1.96 bits per heavy atom. The molecule has 0 fully saturated rings. The van der Waals surface area contributed by atoms with E-state index in [9.17, 15) is 14.9 Å². The maximum atomic E-state index is 12.3. The number of nitro benzene ring substituents is 1. The fourth-order valence-electron chi connectivity index (χ4n) is 2.54. The maximum Gasteiger partial charge on any atom is 0.322 e. The molecule has 1 aliphatic rings. The Bertz CT molecular complexity index is 1060. The number of nitrogens with zero attached hydrogens (tertiary/aromatic N) is 3. The van der Waals surface area contributed by atoms with Gasteiger partial charge in [0.15, 0.2) is 11.5 Å². The van der Waals surface area contributed by atoms with E-state index in [4.69, 9.17) is 13.9 Å². The first-order valence-electron chi connectivity index (χ1n) is 7.81. The zero-order chi connectivity index (χ0) is 19.0. The molecule has 0 aliphatic carbocycles. The van der Waals surface area contributed by atoms with Crippen molar-refractivity contribution in [3.8, 4) is 23.0 Å². The van der Waals surface area contributed by atoms with Crippen LogP contribution in [-0.2, 0) is 0 Å². The van der Waals surface area contributed by atoms with Gasteiger partial charge in [0.1, 0.15) is 0 Å². The van der Waals surface area contributed by atoms with E-state index in [1.807, 2.05) is 0 Å². The molecule has 27 heavy (non-hydrogen) atoms. The second-order valence-corrected chi connectivity index (χ2v) is 5.69. The second kappa shape index (κ2) is 6.41. The Morgan fingerprint density at radius 3 is 2.78 bits per heavy atom. The molecule has 0 saturated heterocycles. The van der Waals surface area contributed by atoms with Gasteiger partial charge in [-0.25, -0.2) is 0 Å². The molecule has 1 amide bonds. The monoisotopic (exact) mass is 368 g/mol. The normalized spacial score (nSPS) is 12.0. The summed E-state index contributed by atoms with van der Waals surface area (Å²) in [6, 6.07) is 9.16. The van der Waals surface area contributed by atoms with Crippen LogP contribution in [0, 0.1) is 17.0 Å². The van der Waals surface area contributed by atoms with E-state index in [1.165, 1.54) is 18.2 Å². The smallest absolute Gasteiger partial charge is 0.322 e.